The lowest BCUT2D eigenvalue weighted by Crippen LogP contribution is -2.54. The Morgan fingerprint density at radius 3 is 2.49 bits per heavy atom. The average molecular weight is 604 g/mol. The summed E-state index contributed by atoms with van der Waals surface area (Å²) >= 11 is 16.2. The minimum Gasteiger partial charge on any atom is -0.490 e. The van der Waals surface area contributed by atoms with Crippen LogP contribution in [0.4, 0.5) is 10.5 Å². The zero-order valence-corrected chi connectivity index (χ0v) is 22.9. The van der Waals surface area contributed by atoms with Crippen LogP contribution in [-0.4, -0.2) is 24.5 Å². The fourth-order valence-electron chi connectivity index (χ4n) is 3.72. The predicted octanol–water partition coefficient (Wildman–Crippen LogP) is 6.71. The van der Waals surface area contributed by atoms with E-state index in [1.807, 2.05) is 31.2 Å². The highest BCUT2D eigenvalue weighted by Crippen LogP contribution is 2.38. The Bertz CT molecular complexity index is 1440. The van der Waals surface area contributed by atoms with Crippen LogP contribution < -0.4 is 19.7 Å². The van der Waals surface area contributed by atoms with E-state index in [1.54, 1.807) is 37.3 Å². The van der Waals surface area contributed by atoms with Gasteiger partial charge in [-0.2, -0.15) is 0 Å². The van der Waals surface area contributed by atoms with Crippen molar-refractivity contribution in [3.8, 4) is 11.5 Å². The van der Waals surface area contributed by atoms with Gasteiger partial charge in [0, 0.05) is 15.1 Å². The minimum atomic E-state index is -0.860. The van der Waals surface area contributed by atoms with Gasteiger partial charge in [-0.1, -0.05) is 63.4 Å². The number of imide groups is 2. The molecule has 3 aromatic carbocycles. The van der Waals surface area contributed by atoms with Gasteiger partial charge in [0.2, 0.25) is 0 Å². The lowest BCUT2D eigenvalue weighted by atomic mass is 10.1. The summed E-state index contributed by atoms with van der Waals surface area (Å²) in [6.07, 6.45) is 1.35. The van der Waals surface area contributed by atoms with Crippen molar-refractivity contribution < 1.29 is 23.9 Å². The largest absolute Gasteiger partial charge is 0.490 e. The second-order valence-electron chi connectivity index (χ2n) is 7.98. The first-order chi connectivity index (χ1) is 17.7. The van der Waals surface area contributed by atoms with Crippen molar-refractivity contribution in [2.24, 2.45) is 0 Å². The van der Waals surface area contributed by atoms with E-state index >= 15 is 0 Å². The summed E-state index contributed by atoms with van der Waals surface area (Å²) in [6.45, 7) is 4.06. The molecule has 1 saturated heterocycles. The van der Waals surface area contributed by atoms with Crippen LogP contribution in [0.1, 0.15) is 23.6 Å². The number of barbiturate groups is 1. The van der Waals surface area contributed by atoms with Crippen molar-refractivity contribution in [2.45, 2.75) is 20.5 Å². The van der Waals surface area contributed by atoms with E-state index in [1.165, 1.54) is 6.08 Å². The molecular weight excluding hydrogens is 583 g/mol. The molecule has 1 fully saturated rings. The standard InChI is InChI=1S/C27H21BrCl2N2O5/c1-3-36-23-13-16(12-21(30)24(23)37-14-17-7-4-5-8-19(17)28)11-18-25(33)31-27(35)32(26(18)34)22-10-6-9-20(29)15(22)2/h4-13H,3,14H2,1-2H3,(H,31,33,35)/b18-11+. The van der Waals surface area contributed by atoms with Crippen LogP contribution in [0.25, 0.3) is 6.08 Å². The van der Waals surface area contributed by atoms with Gasteiger partial charge >= 0.3 is 6.03 Å². The molecule has 0 aromatic heterocycles. The first-order valence-electron chi connectivity index (χ1n) is 11.2. The van der Waals surface area contributed by atoms with Gasteiger partial charge in [0.15, 0.2) is 11.5 Å². The van der Waals surface area contributed by atoms with Gasteiger partial charge in [0.25, 0.3) is 11.8 Å². The molecular formula is C27H21BrCl2N2O5. The number of hydrogen-bond acceptors (Lipinski definition) is 5. The quantitative estimate of drug-likeness (QED) is 0.240. The summed E-state index contributed by atoms with van der Waals surface area (Å²) in [6, 6.07) is 14.8. The van der Waals surface area contributed by atoms with E-state index in [0.717, 1.165) is 14.9 Å². The summed E-state index contributed by atoms with van der Waals surface area (Å²) in [5, 5.41) is 2.82. The second kappa shape index (κ2) is 11.4. The van der Waals surface area contributed by atoms with Crippen molar-refractivity contribution in [3.05, 3.63) is 91.4 Å². The Hall–Kier alpha value is -3.33. The number of nitrogens with zero attached hydrogens (tertiary/aromatic N) is 1. The molecule has 190 valence electrons. The number of ether oxygens (including phenoxy) is 2. The summed E-state index contributed by atoms with van der Waals surface area (Å²) in [7, 11) is 0. The van der Waals surface area contributed by atoms with Gasteiger partial charge in [-0.3, -0.25) is 14.9 Å². The second-order valence-corrected chi connectivity index (χ2v) is 9.65. The first-order valence-corrected chi connectivity index (χ1v) is 12.7. The number of amides is 4. The number of rotatable bonds is 7. The molecule has 1 heterocycles. The topological polar surface area (TPSA) is 84.9 Å². The highest BCUT2D eigenvalue weighted by atomic mass is 79.9. The zero-order valence-electron chi connectivity index (χ0n) is 19.8. The molecule has 3 aromatic rings. The number of nitrogens with one attached hydrogen (secondary N) is 1. The fourth-order valence-corrected chi connectivity index (χ4v) is 4.56. The third kappa shape index (κ3) is 5.66. The highest BCUT2D eigenvalue weighted by molar-refractivity contribution is 9.10. The van der Waals surface area contributed by atoms with Crippen LogP contribution in [0.2, 0.25) is 10.0 Å². The molecule has 0 bridgehead atoms. The monoisotopic (exact) mass is 602 g/mol. The van der Waals surface area contributed by atoms with E-state index < -0.39 is 17.8 Å². The minimum absolute atomic E-state index is 0.229. The summed E-state index contributed by atoms with van der Waals surface area (Å²) in [5.41, 5.74) is 1.88. The van der Waals surface area contributed by atoms with Crippen LogP contribution in [0.3, 0.4) is 0 Å². The molecule has 0 unspecified atom stereocenters. The predicted molar refractivity (Wildman–Crippen MR) is 146 cm³/mol. The maximum atomic E-state index is 13.3. The molecule has 4 amide bonds. The smallest absolute Gasteiger partial charge is 0.335 e. The molecule has 0 atom stereocenters. The third-order valence-electron chi connectivity index (χ3n) is 5.55. The molecule has 1 N–H and O–H groups in total. The van der Waals surface area contributed by atoms with Crippen molar-refractivity contribution >= 4 is 68.7 Å². The van der Waals surface area contributed by atoms with Gasteiger partial charge in [-0.15, -0.1) is 0 Å². The number of carbonyl (C=O) groups is 3. The maximum absolute atomic E-state index is 13.3. The average Bonchev–Trinajstić information content (AvgIpc) is 2.85. The van der Waals surface area contributed by atoms with Gasteiger partial charge in [0.1, 0.15) is 12.2 Å². The summed E-state index contributed by atoms with van der Waals surface area (Å²) in [4.78, 5) is 39.4. The first kappa shape index (κ1) is 26.7. The molecule has 0 radical (unpaired) electrons. The Balaban J connectivity index is 1.69. The molecule has 0 spiro atoms. The highest BCUT2D eigenvalue weighted by Gasteiger charge is 2.37. The van der Waals surface area contributed by atoms with Crippen molar-refractivity contribution in [1.29, 1.82) is 0 Å². The van der Waals surface area contributed by atoms with E-state index in [4.69, 9.17) is 32.7 Å². The molecule has 7 nitrogen and oxygen atoms in total. The van der Waals surface area contributed by atoms with Crippen LogP contribution in [0.15, 0.2) is 64.6 Å². The zero-order chi connectivity index (χ0) is 26.7. The molecule has 1 aliphatic rings. The number of carbonyl (C=O) groups excluding carboxylic acids is 3. The molecule has 4 rings (SSSR count). The van der Waals surface area contributed by atoms with Crippen LogP contribution >= 0.6 is 39.1 Å². The van der Waals surface area contributed by atoms with Gasteiger partial charge in [0.05, 0.1) is 17.3 Å². The maximum Gasteiger partial charge on any atom is 0.335 e. The van der Waals surface area contributed by atoms with Crippen molar-refractivity contribution in [2.75, 3.05) is 11.5 Å². The van der Waals surface area contributed by atoms with E-state index in [-0.39, 0.29) is 22.9 Å². The number of anilines is 1. The third-order valence-corrected chi connectivity index (χ3v) is 7.02. The SMILES string of the molecule is CCOc1cc(/C=C2\C(=O)NC(=O)N(c3cccc(Cl)c3C)C2=O)cc(Cl)c1OCc1ccccc1Br. The van der Waals surface area contributed by atoms with Gasteiger partial charge < -0.3 is 9.47 Å². The molecule has 0 aliphatic carbocycles. The van der Waals surface area contributed by atoms with Crippen LogP contribution in [0, 0.1) is 6.92 Å². The number of halogens is 3. The lowest BCUT2D eigenvalue weighted by Gasteiger charge is -2.27. The molecule has 10 heteroatoms. The Morgan fingerprint density at radius 2 is 1.76 bits per heavy atom. The van der Waals surface area contributed by atoms with Crippen molar-refractivity contribution in [3.63, 3.8) is 0 Å². The van der Waals surface area contributed by atoms with Gasteiger partial charge in [-0.05, 0) is 61.4 Å². The Labute approximate surface area is 232 Å². The van der Waals surface area contributed by atoms with Crippen molar-refractivity contribution in [1.82, 2.24) is 5.32 Å². The number of benzene rings is 3. The summed E-state index contributed by atoms with van der Waals surface area (Å²) in [5.74, 6) is -0.944. The normalized spacial score (nSPS) is 14.7. The van der Waals surface area contributed by atoms with E-state index in [0.29, 0.717) is 34.3 Å². The molecule has 1 aliphatic heterocycles. The summed E-state index contributed by atoms with van der Waals surface area (Å²) < 4.78 is 12.6. The number of urea groups is 1. The van der Waals surface area contributed by atoms with E-state index in [9.17, 15) is 14.4 Å². The molecule has 0 saturated carbocycles. The Kier molecular flexibility index (Phi) is 8.22. The molecule has 37 heavy (non-hydrogen) atoms. The van der Waals surface area contributed by atoms with Gasteiger partial charge in [-0.25, -0.2) is 9.69 Å². The lowest BCUT2D eigenvalue weighted by molar-refractivity contribution is -0.122. The van der Waals surface area contributed by atoms with Crippen LogP contribution in [0.5, 0.6) is 11.5 Å². The Morgan fingerprint density at radius 1 is 1.00 bits per heavy atom. The fraction of sp³-hybridized carbons (Fsp3) is 0.148. The van der Waals surface area contributed by atoms with E-state index in [2.05, 4.69) is 21.2 Å². The van der Waals surface area contributed by atoms with Crippen LogP contribution in [-0.2, 0) is 16.2 Å². The number of hydrogen-bond donors (Lipinski definition) is 1.